The first-order chi connectivity index (χ1) is 8.54. The van der Waals surface area contributed by atoms with Crippen LogP contribution < -0.4 is 4.74 Å². The second-order valence-corrected chi connectivity index (χ2v) is 4.84. The first kappa shape index (κ1) is 12.9. The zero-order chi connectivity index (χ0) is 13.3. The molecular weight excluding hydrogens is 232 g/mol. The molecule has 0 aromatic heterocycles. The second kappa shape index (κ2) is 4.98. The number of aryl methyl sites for hydroxylation is 1. The molecule has 2 N–H and O–H groups in total. The van der Waals surface area contributed by atoms with Crippen molar-refractivity contribution in [3.63, 3.8) is 0 Å². The van der Waals surface area contributed by atoms with Gasteiger partial charge in [-0.2, -0.15) is 0 Å². The molecule has 2 rings (SSSR count). The zero-order valence-corrected chi connectivity index (χ0v) is 10.6. The number of aliphatic carboxylic acids is 1. The number of rotatable bonds is 3. The van der Waals surface area contributed by atoms with E-state index in [0.717, 1.165) is 23.3 Å². The third-order valence-corrected chi connectivity index (χ3v) is 3.85. The maximum absolute atomic E-state index is 11.0. The summed E-state index contributed by atoms with van der Waals surface area (Å²) in [6.07, 6.45) is 0.770. The van der Waals surface area contributed by atoms with Gasteiger partial charge >= 0.3 is 5.97 Å². The third-order valence-electron chi connectivity index (χ3n) is 3.85. The van der Waals surface area contributed by atoms with Crippen molar-refractivity contribution in [2.45, 2.75) is 25.9 Å². The van der Waals surface area contributed by atoms with E-state index in [1.165, 1.54) is 0 Å². The molecular formula is C14H18O4. The first-order valence-corrected chi connectivity index (χ1v) is 6.12. The van der Waals surface area contributed by atoms with Crippen molar-refractivity contribution in [1.29, 1.82) is 0 Å². The highest BCUT2D eigenvalue weighted by Gasteiger charge is 2.34. The van der Waals surface area contributed by atoms with Gasteiger partial charge in [-0.15, -0.1) is 0 Å². The summed E-state index contributed by atoms with van der Waals surface area (Å²) in [5.41, 5.74) is 1.89. The Kier molecular flexibility index (Phi) is 3.57. The summed E-state index contributed by atoms with van der Waals surface area (Å²) < 4.78 is 5.15. The van der Waals surface area contributed by atoms with E-state index < -0.39 is 18.0 Å². The van der Waals surface area contributed by atoms with Crippen molar-refractivity contribution in [3.8, 4) is 5.75 Å². The van der Waals surface area contributed by atoms with E-state index in [9.17, 15) is 9.90 Å². The van der Waals surface area contributed by atoms with Gasteiger partial charge in [0.2, 0.25) is 0 Å². The highest BCUT2D eigenvalue weighted by Crippen LogP contribution is 2.39. The van der Waals surface area contributed by atoms with Crippen LogP contribution in [0.5, 0.6) is 5.75 Å². The van der Waals surface area contributed by atoms with Crippen LogP contribution in [0.15, 0.2) is 18.2 Å². The Labute approximate surface area is 106 Å². The number of aliphatic hydroxyl groups is 1. The fourth-order valence-electron chi connectivity index (χ4n) is 2.63. The van der Waals surface area contributed by atoms with Crippen molar-refractivity contribution in [1.82, 2.24) is 0 Å². The summed E-state index contributed by atoms with van der Waals surface area (Å²) in [6.45, 7) is 1.66. The standard InChI is InChI=1S/C14H18O4/c1-8(14(16)17)11-5-3-9-7-10(18-2)4-6-12(9)13(11)15/h4,6-8,11,13,15H,3,5H2,1-2H3,(H,16,17)/t8-,11?,13?/m0/s1. The first-order valence-electron chi connectivity index (χ1n) is 6.12. The minimum atomic E-state index is -0.851. The highest BCUT2D eigenvalue weighted by molar-refractivity contribution is 5.70. The molecule has 98 valence electrons. The van der Waals surface area contributed by atoms with Gasteiger partial charge in [0.1, 0.15) is 5.75 Å². The quantitative estimate of drug-likeness (QED) is 0.861. The summed E-state index contributed by atoms with van der Waals surface area (Å²) in [5, 5.41) is 19.4. The number of hydrogen-bond donors (Lipinski definition) is 2. The Bertz CT molecular complexity index is 455. The van der Waals surface area contributed by atoms with E-state index in [0.29, 0.717) is 6.42 Å². The Morgan fingerprint density at radius 2 is 2.22 bits per heavy atom. The SMILES string of the molecule is COc1ccc2c(c1)CCC([C@H](C)C(=O)O)C2O. The molecule has 0 saturated heterocycles. The van der Waals surface area contributed by atoms with Gasteiger partial charge in [0, 0.05) is 5.92 Å². The Hall–Kier alpha value is -1.55. The van der Waals surface area contributed by atoms with Crippen LogP contribution in [-0.2, 0) is 11.2 Å². The smallest absolute Gasteiger partial charge is 0.306 e. The number of carboxylic acids is 1. The van der Waals surface area contributed by atoms with Crippen molar-refractivity contribution in [2.24, 2.45) is 11.8 Å². The van der Waals surface area contributed by atoms with Crippen LogP contribution >= 0.6 is 0 Å². The maximum Gasteiger partial charge on any atom is 0.306 e. The van der Waals surface area contributed by atoms with Crippen LogP contribution in [0, 0.1) is 11.8 Å². The van der Waals surface area contributed by atoms with Gasteiger partial charge in [-0.3, -0.25) is 4.79 Å². The summed E-state index contributed by atoms with van der Waals surface area (Å²) >= 11 is 0. The minimum Gasteiger partial charge on any atom is -0.497 e. The Morgan fingerprint density at radius 1 is 1.50 bits per heavy atom. The molecule has 0 amide bonds. The van der Waals surface area contributed by atoms with Gasteiger partial charge in [0.05, 0.1) is 19.1 Å². The summed E-state index contributed by atoms with van der Waals surface area (Å²) in [6, 6.07) is 5.55. The van der Waals surface area contributed by atoms with Crippen LogP contribution in [0.3, 0.4) is 0 Å². The van der Waals surface area contributed by atoms with E-state index in [4.69, 9.17) is 9.84 Å². The molecule has 1 aromatic carbocycles. The molecule has 1 aromatic rings. The maximum atomic E-state index is 11.0. The number of methoxy groups -OCH3 is 1. The van der Waals surface area contributed by atoms with E-state index in [1.807, 2.05) is 12.1 Å². The number of carboxylic acid groups (broad SMARTS) is 1. The van der Waals surface area contributed by atoms with Crippen LogP contribution in [0.25, 0.3) is 0 Å². The van der Waals surface area contributed by atoms with Crippen LogP contribution in [0.2, 0.25) is 0 Å². The lowest BCUT2D eigenvalue weighted by Crippen LogP contribution is -2.30. The van der Waals surface area contributed by atoms with Crippen molar-refractivity contribution in [2.75, 3.05) is 7.11 Å². The molecule has 1 aliphatic carbocycles. The Balaban J connectivity index is 2.28. The molecule has 0 aliphatic heterocycles. The van der Waals surface area contributed by atoms with Gasteiger partial charge in [0.15, 0.2) is 0 Å². The van der Waals surface area contributed by atoms with E-state index >= 15 is 0 Å². The lowest BCUT2D eigenvalue weighted by atomic mass is 9.75. The number of fused-ring (bicyclic) bond motifs is 1. The fraction of sp³-hybridized carbons (Fsp3) is 0.500. The van der Waals surface area contributed by atoms with E-state index in [1.54, 1.807) is 20.1 Å². The molecule has 0 heterocycles. The van der Waals surface area contributed by atoms with E-state index in [2.05, 4.69) is 0 Å². The number of hydrogen-bond acceptors (Lipinski definition) is 3. The predicted molar refractivity (Wildman–Crippen MR) is 66.6 cm³/mol. The fourth-order valence-corrected chi connectivity index (χ4v) is 2.63. The van der Waals surface area contributed by atoms with Crippen molar-refractivity contribution < 1.29 is 19.7 Å². The number of aliphatic hydroxyl groups excluding tert-OH is 1. The minimum absolute atomic E-state index is 0.219. The topological polar surface area (TPSA) is 66.8 Å². The number of carbonyl (C=O) groups is 1. The zero-order valence-electron chi connectivity index (χ0n) is 10.6. The van der Waals surface area contributed by atoms with Crippen LogP contribution in [-0.4, -0.2) is 23.3 Å². The van der Waals surface area contributed by atoms with Crippen LogP contribution in [0.1, 0.15) is 30.6 Å². The van der Waals surface area contributed by atoms with Gasteiger partial charge in [-0.1, -0.05) is 13.0 Å². The molecule has 0 spiro atoms. The molecule has 3 atom stereocenters. The van der Waals surface area contributed by atoms with Gasteiger partial charge in [-0.25, -0.2) is 0 Å². The summed E-state index contributed by atoms with van der Waals surface area (Å²) in [5.74, 6) is -0.833. The summed E-state index contributed by atoms with van der Waals surface area (Å²) in [7, 11) is 1.61. The normalized spacial score (nSPS) is 24.2. The molecule has 4 heteroatoms. The van der Waals surface area contributed by atoms with Crippen molar-refractivity contribution in [3.05, 3.63) is 29.3 Å². The number of benzene rings is 1. The average Bonchev–Trinajstić information content (AvgIpc) is 2.37. The monoisotopic (exact) mass is 250 g/mol. The summed E-state index contributed by atoms with van der Waals surface area (Å²) in [4.78, 5) is 11.0. The molecule has 0 bridgehead atoms. The van der Waals surface area contributed by atoms with Gasteiger partial charge in [0.25, 0.3) is 0 Å². The largest absolute Gasteiger partial charge is 0.497 e. The lowest BCUT2D eigenvalue weighted by molar-refractivity contribution is -0.145. The van der Waals surface area contributed by atoms with Crippen molar-refractivity contribution >= 4 is 5.97 Å². The average molecular weight is 250 g/mol. The lowest BCUT2D eigenvalue weighted by Gasteiger charge is -2.32. The molecule has 18 heavy (non-hydrogen) atoms. The predicted octanol–water partition coefficient (Wildman–Crippen LogP) is 2.01. The van der Waals surface area contributed by atoms with Crippen LogP contribution in [0.4, 0.5) is 0 Å². The third kappa shape index (κ3) is 2.20. The second-order valence-electron chi connectivity index (χ2n) is 4.84. The molecule has 1 aliphatic rings. The van der Waals surface area contributed by atoms with E-state index in [-0.39, 0.29) is 5.92 Å². The number of ether oxygens (including phenoxy) is 1. The molecule has 4 nitrogen and oxygen atoms in total. The Morgan fingerprint density at radius 3 is 2.83 bits per heavy atom. The highest BCUT2D eigenvalue weighted by atomic mass is 16.5. The molecule has 2 unspecified atom stereocenters. The van der Waals surface area contributed by atoms with Gasteiger partial charge in [-0.05, 0) is 36.1 Å². The molecule has 0 saturated carbocycles. The van der Waals surface area contributed by atoms with Gasteiger partial charge < -0.3 is 14.9 Å². The molecule has 0 fully saturated rings. The molecule has 0 radical (unpaired) electrons.